The van der Waals surface area contributed by atoms with E-state index in [1.807, 2.05) is 48.2 Å². The van der Waals surface area contributed by atoms with Crippen molar-refractivity contribution in [2.24, 2.45) is 7.05 Å². The van der Waals surface area contributed by atoms with E-state index >= 15 is 0 Å². The Morgan fingerprint density at radius 1 is 1.16 bits per heavy atom. The maximum absolute atomic E-state index is 14.2. The Morgan fingerprint density at radius 3 is 2.61 bits per heavy atom. The van der Waals surface area contributed by atoms with Gasteiger partial charge < -0.3 is 4.57 Å². The zero-order chi connectivity index (χ0) is 22.0. The Balaban J connectivity index is 1.50. The number of hydrogen-bond donors (Lipinski definition) is 0. The number of aryl methyl sites for hydroxylation is 1. The molecule has 2 heterocycles. The molecule has 0 aliphatic rings. The SMILES string of the molecule is CC(=O)N(c1nc(CSc2nnc(-c3ccc(C)cc3)n2C)cs1)c1ccccc1F. The Hall–Kier alpha value is -3.04. The monoisotopic (exact) mass is 453 g/mol. The first-order valence-electron chi connectivity index (χ1n) is 9.53. The summed E-state index contributed by atoms with van der Waals surface area (Å²) in [5.74, 6) is 0.587. The lowest BCUT2D eigenvalue weighted by Crippen LogP contribution is -2.23. The number of benzene rings is 2. The van der Waals surface area contributed by atoms with E-state index in [-0.39, 0.29) is 11.6 Å². The summed E-state index contributed by atoms with van der Waals surface area (Å²) in [5, 5.41) is 11.7. The Kier molecular flexibility index (Phi) is 6.15. The zero-order valence-corrected chi connectivity index (χ0v) is 18.9. The molecule has 6 nitrogen and oxygen atoms in total. The van der Waals surface area contributed by atoms with Gasteiger partial charge in [0, 0.05) is 30.7 Å². The Morgan fingerprint density at radius 2 is 1.90 bits per heavy atom. The van der Waals surface area contributed by atoms with Crippen LogP contribution in [0.2, 0.25) is 0 Å². The molecule has 0 unspecified atom stereocenters. The first-order chi connectivity index (χ1) is 14.9. The van der Waals surface area contributed by atoms with E-state index in [1.165, 1.54) is 46.6 Å². The average Bonchev–Trinajstić information content (AvgIpc) is 3.35. The van der Waals surface area contributed by atoms with Crippen LogP contribution in [0.1, 0.15) is 18.2 Å². The summed E-state index contributed by atoms with van der Waals surface area (Å²) in [4.78, 5) is 18.0. The molecule has 0 saturated carbocycles. The van der Waals surface area contributed by atoms with Crippen LogP contribution in [0.15, 0.2) is 59.1 Å². The highest BCUT2D eigenvalue weighted by atomic mass is 32.2. The lowest BCUT2D eigenvalue weighted by atomic mass is 10.1. The molecule has 0 atom stereocenters. The van der Waals surface area contributed by atoms with Crippen molar-refractivity contribution in [1.29, 1.82) is 0 Å². The Bertz CT molecular complexity index is 1220. The van der Waals surface area contributed by atoms with E-state index in [2.05, 4.69) is 15.2 Å². The van der Waals surface area contributed by atoms with Crippen molar-refractivity contribution in [2.75, 3.05) is 4.90 Å². The van der Waals surface area contributed by atoms with Crippen LogP contribution in [0.4, 0.5) is 15.2 Å². The van der Waals surface area contributed by atoms with Crippen LogP contribution in [0.25, 0.3) is 11.4 Å². The zero-order valence-electron chi connectivity index (χ0n) is 17.2. The quantitative estimate of drug-likeness (QED) is 0.368. The lowest BCUT2D eigenvalue weighted by molar-refractivity contribution is -0.115. The van der Waals surface area contributed by atoms with Gasteiger partial charge in [-0.25, -0.2) is 9.37 Å². The van der Waals surface area contributed by atoms with Gasteiger partial charge >= 0.3 is 0 Å². The fraction of sp³-hybridized carbons (Fsp3) is 0.182. The normalized spacial score (nSPS) is 11.0. The van der Waals surface area contributed by atoms with Crippen LogP contribution in [0.3, 0.4) is 0 Å². The van der Waals surface area contributed by atoms with Gasteiger partial charge in [0.1, 0.15) is 5.82 Å². The van der Waals surface area contributed by atoms with Gasteiger partial charge in [0.05, 0.1) is 11.4 Å². The van der Waals surface area contributed by atoms with Gasteiger partial charge in [0.25, 0.3) is 0 Å². The average molecular weight is 454 g/mol. The number of nitrogens with zero attached hydrogens (tertiary/aromatic N) is 5. The van der Waals surface area contributed by atoms with Crippen LogP contribution in [-0.4, -0.2) is 25.7 Å². The number of anilines is 2. The van der Waals surface area contributed by atoms with Crippen molar-refractivity contribution in [3.8, 4) is 11.4 Å². The summed E-state index contributed by atoms with van der Waals surface area (Å²) in [6, 6.07) is 14.3. The summed E-state index contributed by atoms with van der Waals surface area (Å²) in [6.45, 7) is 3.44. The topological polar surface area (TPSA) is 63.9 Å². The van der Waals surface area contributed by atoms with Gasteiger partial charge in [-0.15, -0.1) is 21.5 Å². The number of thioether (sulfide) groups is 1. The minimum atomic E-state index is -0.466. The second-order valence-corrected chi connectivity index (χ2v) is 8.73. The number of amides is 1. The molecule has 0 bridgehead atoms. The summed E-state index contributed by atoms with van der Waals surface area (Å²) in [6.07, 6.45) is 0. The molecule has 9 heteroatoms. The molecular formula is C22H20FN5OS2. The highest BCUT2D eigenvalue weighted by Crippen LogP contribution is 2.32. The van der Waals surface area contributed by atoms with Crippen molar-refractivity contribution in [1.82, 2.24) is 19.7 Å². The lowest BCUT2D eigenvalue weighted by Gasteiger charge is -2.18. The second-order valence-electron chi connectivity index (χ2n) is 6.95. The van der Waals surface area contributed by atoms with Crippen LogP contribution < -0.4 is 4.90 Å². The third kappa shape index (κ3) is 4.52. The summed E-state index contributed by atoms with van der Waals surface area (Å²) in [7, 11) is 1.93. The molecule has 0 aliphatic heterocycles. The molecule has 0 aliphatic carbocycles. The molecule has 2 aromatic carbocycles. The highest BCUT2D eigenvalue weighted by Gasteiger charge is 2.21. The van der Waals surface area contributed by atoms with Gasteiger partial charge in [-0.3, -0.25) is 9.69 Å². The van der Waals surface area contributed by atoms with Crippen molar-refractivity contribution in [2.45, 2.75) is 24.8 Å². The third-order valence-corrected chi connectivity index (χ3v) is 6.56. The molecule has 0 N–H and O–H groups in total. The number of thiazole rings is 1. The predicted octanol–water partition coefficient (Wildman–Crippen LogP) is 5.36. The van der Waals surface area contributed by atoms with Crippen molar-refractivity contribution in [3.63, 3.8) is 0 Å². The van der Waals surface area contributed by atoms with Gasteiger partial charge in [-0.1, -0.05) is 53.7 Å². The standard InChI is InChI=1S/C22H20FN5OS2/c1-14-8-10-16(11-9-14)20-25-26-22(27(20)3)31-13-17-12-30-21(24-17)28(15(2)29)19-7-5-4-6-18(19)23/h4-12H,13H2,1-3H3. The number of carbonyl (C=O) groups excluding carboxylic acids is 1. The predicted molar refractivity (Wildman–Crippen MR) is 122 cm³/mol. The summed E-state index contributed by atoms with van der Waals surface area (Å²) >= 11 is 2.81. The molecule has 2 aromatic heterocycles. The Labute approximate surface area is 187 Å². The molecule has 31 heavy (non-hydrogen) atoms. The second kappa shape index (κ2) is 8.99. The smallest absolute Gasteiger partial charge is 0.230 e. The van der Waals surface area contributed by atoms with E-state index in [0.29, 0.717) is 10.9 Å². The summed E-state index contributed by atoms with van der Waals surface area (Å²) < 4.78 is 16.2. The molecule has 1 amide bonds. The maximum atomic E-state index is 14.2. The molecule has 0 saturated heterocycles. The van der Waals surface area contributed by atoms with E-state index < -0.39 is 5.82 Å². The summed E-state index contributed by atoms with van der Waals surface area (Å²) in [5.41, 5.74) is 3.17. The van der Waals surface area contributed by atoms with Crippen molar-refractivity contribution >= 4 is 39.8 Å². The number of aromatic nitrogens is 4. The van der Waals surface area contributed by atoms with Gasteiger partial charge in [-0.05, 0) is 19.1 Å². The molecule has 4 aromatic rings. The van der Waals surface area contributed by atoms with Crippen LogP contribution in [-0.2, 0) is 17.6 Å². The largest absolute Gasteiger partial charge is 0.305 e. The third-order valence-electron chi connectivity index (χ3n) is 4.63. The first-order valence-corrected chi connectivity index (χ1v) is 11.4. The van der Waals surface area contributed by atoms with Gasteiger partial charge in [0.2, 0.25) is 5.91 Å². The van der Waals surface area contributed by atoms with E-state index in [0.717, 1.165) is 22.2 Å². The minimum absolute atomic E-state index is 0.194. The van der Waals surface area contributed by atoms with Crippen molar-refractivity contribution in [3.05, 3.63) is 71.0 Å². The highest BCUT2D eigenvalue weighted by molar-refractivity contribution is 7.98. The number of hydrogen-bond acceptors (Lipinski definition) is 6. The molecule has 158 valence electrons. The van der Waals surface area contributed by atoms with E-state index in [4.69, 9.17) is 0 Å². The molecule has 0 spiro atoms. The molecule has 4 rings (SSSR count). The molecular weight excluding hydrogens is 433 g/mol. The fourth-order valence-electron chi connectivity index (χ4n) is 3.04. The van der Waals surface area contributed by atoms with E-state index in [1.54, 1.807) is 18.2 Å². The minimum Gasteiger partial charge on any atom is -0.305 e. The van der Waals surface area contributed by atoms with E-state index in [9.17, 15) is 9.18 Å². The maximum Gasteiger partial charge on any atom is 0.230 e. The number of halogens is 1. The fourth-order valence-corrected chi connectivity index (χ4v) is 4.83. The van der Waals surface area contributed by atoms with Crippen LogP contribution in [0.5, 0.6) is 0 Å². The number of para-hydroxylation sites is 1. The first kappa shape index (κ1) is 21.2. The van der Waals surface area contributed by atoms with Gasteiger partial charge in [0.15, 0.2) is 16.1 Å². The molecule has 0 fully saturated rings. The van der Waals surface area contributed by atoms with Gasteiger partial charge in [-0.2, -0.15) is 0 Å². The molecule has 0 radical (unpaired) electrons. The van der Waals surface area contributed by atoms with Crippen LogP contribution in [0, 0.1) is 12.7 Å². The number of carbonyl (C=O) groups is 1. The van der Waals surface area contributed by atoms with Crippen molar-refractivity contribution < 1.29 is 9.18 Å². The number of rotatable bonds is 6. The van der Waals surface area contributed by atoms with Crippen LogP contribution >= 0.6 is 23.1 Å².